The van der Waals surface area contributed by atoms with Crippen LogP contribution in [0.2, 0.25) is 0 Å². The van der Waals surface area contributed by atoms with Crippen molar-refractivity contribution < 1.29 is 27.5 Å². The Bertz CT molecular complexity index is 1270. The summed E-state index contributed by atoms with van der Waals surface area (Å²) >= 11 is 0. The molecule has 4 amide bonds. The van der Waals surface area contributed by atoms with Gasteiger partial charge in [-0.15, -0.1) is 0 Å². The van der Waals surface area contributed by atoms with Gasteiger partial charge in [-0.1, -0.05) is 12.1 Å². The van der Waals surface area contributed by atoms with Gasteiger partial charge in [-0.25, -0.2) is 27.7 Å². The minimum atomic E-state index is -0.977. The number of carbonyl (C=O) groups excluding carboxylic acids is 2. The van der Waals surface area contributed by atoms with Crippen molar-refractivity contribution in [1.82, 2.24) is 9.88 Å². The van der Waals surface area contributed by atoms with Crippen molar-refractivity contribution in [2.24, 2.45) is 0 Å². The van der Waals surface area contributed by atoms with E-state index in [-0.39, 0.29) is 24.6 Å². The second-order valence-electron chi connectivity index (χ2n) is 7.83. The molecule has 4 rings (SSSR count). The monoisotopic (exact) mass is 500 g/mol. The highest BCUT2D eigenvalue weighted by Gasteiger charge is 2.24. The van der Waals surface area contributed by atoms with Gasteiger partial charge in [-0.05, 0) is 30.3 Å². The van der Waals surface area contributed by atoms with Crippen molar-refractivity contribution in [3.8, 4) is 5.75 Å². The molecule has 1 saturated heterocycles. The summed E-state index contributed by atoms with van der Waals surface area (Å²) in [5, 5.41) is 7.54. The molecule has 0 radical (unpaired) electrons. The van der Waals surface area contributed by atoms with Gasteiger partial charge in [-0.2, -0.15) is 0 Å². The Labute approximate surface area is 204 Å². The third-order valence-corrected chi connectivity index (χ3v) is 5.50. The molecule has 2 heterocycles. The van der Waals surface area contributed by atoms with Gasteiger partial charge in [-0.3, -0.25) is 5.32 Å². The normalized spacial score (nSPS) is 13.2. The maximum absolute atomic E-state index is 14.8. The lowest BCUT2D eigenvalue weighted by Gasteiger charge is -2.36. The maximum atomic E-state index is 14.8. The van der Waals surface area contributed by atoms with Crippen LogP contribution in [0.25, 0.3) is 0 Å². The van der Waals surface area contributed by atoms with Crippen LogP contribution in [-0.2, 0) is 0 Å². The molecule has 0 spiro atoms. The highest BCUT2D eigenvalue weighted by Crippen LogP contribution is 2.26. The van der Waals surface area contributed by atoms with Crippen LogP contribution in [0.1, 0.15) is 0 Å². The maximum Gasteiger partial charge on any atom is 0.323 e. The average molecular weight is 500 g/mol. The molecule has 0 saturated carbocycles. The Kier molecular flexibility index (Phi) is 7.42. The highest BCUT2D eigenvalue weighted by molar-refractivity contribution is 6.00. The van der Waals surface area contributed by atoms with Crippen molar-refractivity contribution >= 4 is 34.9 Å². The van der Waals surface area contributed by atoms with Crippen molar-refractivity contribution in [2.45, 2.75) is 0 Å². The molecule has 12 heteroatoms. The molecule has 3 N–H and O–H groups in total. The SMILES string of the molecule is COc1ccccc1NC(=O)Nc1ccc(N2CCN(C(=O)Nc3ncc(F)cc3F)CC2)c(F)c1. The summed E-state index contributed by atoms with van der Waals surface area (Å²) in [6, 6.07) is 10.7. The summed E-state index contributed by atoms with van der Waals surface area (Å²) < 4.78 is 46.8. The predicted molar refractivity (Wildman–Crippen MR) is 129 cm³/mol. The molecule has 3 aromatic rings. The summed E-state index contributed by atoms with van der Waals surface area (Å²) in [4.78, 5) is 31.4. The predicted octanol–water partition coefficient (Wildman–Crippen LogP) is 4.51. The molecule has 1 aliphatic rings. The van der Waals surface area contributed by atoms with Gasteiger partial charge >= 0.3 is 12.1 Å². The number of anilines is 4. The molecule has 9 nitrogen and oxygen atoms in total. The lowest BCUT2D eigenvalue weighted by atomic mass is 10.2. The van der Waals surface area contributed by atoms with Crippen LogP contribution in [0.15, 0.2) is 54.7 Å². The minimum Gasteiger partial charge on any atom is -0.495 e. The van der Waals surface area contributed by atoms with Gasteiger partial charge in [0.15, 0.2) is 11.6 Å². The van der Waals surface area contributed by atoms with Gasteiger partial charge in [0.1, 0.15) is 17.4 Å². The molecule has 36 heavy (non-hydrogen) atoms. The number of rotatable bonds is 5. The van der Waals surface area contributed by atoms with E-state index in [0.717, 1.165) is 6.20 Å². The fourth-order valence-electron chi connectivity index (χ4n) is 3.71. The smallest absolute Gasteiger partial charge is 0.323 e. The number of nitrogens with one attached hydrogen (secondary N) is 3. The van der Waals surface area contributed by atoms with Crippen molar-refractivity contribution in [3.05, 3.63) is 72.2 Å². The van der Waals surface area contributed by atoms with Gasteiger partial charge < -0.3 is 25.2 Å². The van der Waals surface area contributed by atoms with Crippen molar-refractivity contribution in [1.29, 1.82) is 0 Å². The number of amides is 4. The first-order valence-electron chi connectivity index (χ1n) is 11.0. The number of hydrogen-bond donors (Lipinski definition) is 3. The van der Waals surface area contributed by atoms with E-state index < -0.39 is 29.5 Å². The van der Waals surface area contributed by atoms with E-state index in [9.17, 15) is 22.8 Å². The fraction of sp³-hybridized carbons (Fsp3) is 0.208. The molecule has 0 unspecified atom stereocenters. The third kappa shape index (κ3) is 5.77. The number of para-hydroxylation sites is 2. The Morgan fingerprint density at radius 3 is 2.36 bits per heavy atom. The number of ether oxygens (including phenoxy) is 1. The number of hydrogen-bond acceptors (Lipinski definition) is 5. The van der Waals surface area contributed by atoms with E-state index >= 15 is 0 Å². The third-order valence-electron chi connectivity index (χ3n) is 5.50. The number of methoxy groups -OCH3 is 1. The number of benzene rings is 2. The van der Waals surface area contributed by atoms with E-state index in [0.29, 0.717) is 36.3 Å². The number of pyridine rings is 1. The number of carbonyl (C=O) groups is 2. The summed E-state index contributed by atoms with van der Waals surface area (Å²) in [5.41, 5.74) is 1.04. The van der Waals surface area contributed by atoms with Gasteiger partial charge in [0.25, 0.3) is 0 Å². The summed E-state index contributed by atoms with van der Waals surface area (Å²) in [7, 11) is 1.49. The van der Waals surface area contributed by atoms with Crippen molar-refractivity contribution in [3.63, 3.8) is 0 Å². The Morgan fingerprint density at radius 1 is 0.917 bits per heavy atom. The standard InChI is InChI=1S/C24H23F3N6O3/c1-36-21-5-3-2-4-19(21)30-23(34)29-16-6-7-20(17(26)13-16)32-8-10-33(11-9-32)24(35)31-22-18(27)12-15(25)14-28-22/h2-7,12-14H,8-11H2,1H3,(H,28,31,35)(H2,29,30,34). The molecule has 0 bridgehead atoms. The number of piperazine rings is 1. The molecule has 1 aromatic heterocycles. The van der Waals surface area contributed by atoms with Crippen LogP contribution >= 0.6 is 0 Å². The fourth-order valence-corrected chi connectivity index (χ4v) is 3.71. The highest BCUT2D eigenvalue weighted by atomic mass is 19.1. The second-order valence-corrected chi connectivity index (χ2v) is 7.83. The van der Waals surface area contributed by atoms with Gasteiger partial charge in [0.05, 0.1) is 24.7 Å². The molecule has 1 aliphatic heterocycles. The molecular weight excluding hydrogens is 477 g/mol. The number of nitrogens with zero attached hydrogens (tertiary/aromatic N) is 3. The Morgan fingerprint density at radius 2 is 1.67 bits per heavy atom. The van der Waals surface area contributed by atoms with Crippen LogP contribution < -0.4 is 25.6 Å². The molecule has 188 valence electrons. The lowest BCUT2D eigenvalue weighted by Crippen LogP contribution is -2.50. The summed E-state index contributed by atoms with van der Waals surface area (Å²) in [5.74, 6) is -2.25. The number of aromatic nitrogens is 1. The van der Waals surface area contributed by atoms with Gasteiger partial charge in [0, 0.05) is 37.9 Å². The van der Waals surface area contributed by atoms with Crippen LogP contribution in [-0.4, -0.2) is 55.2 Å². The lowest BCUT2D eigenvalue weighted by molar-refractivity contribution is 0.208. The zero-order chi connectivity index (χ0) is 25.7. The summed E-state index contributed by atoms with van der Waals surface area (Å²) in [6.07, 6.45) is 0.806. The second kappa shape index (κ2) is 10.8. The Balaban J connectivity index is 1.32. The first-order chi connectivity index (χ1) is 17.3. The molecule has 1 fully saturated rings. The topological polar surface area (TPSA) is 98.8 Å². The molecule has 0 aliphatic carbocycles. The van der Waals surface area contributed by atoms with E-state index in [1.807, 2.05) is 0 Å². The average Bonchev–Trinajstić information content (AvgIpc) is 2.86. The van der Waals surface area contributed by atoms with Gasteiger partial charge in [0.2, 0.25) is 0 Å². The van der Waals surface area contributed by atoms with E-state index in [2.05, 4.69) is 20.9 Å². The van der Waals surface area contributed by atoms with Crippen LogP contribution in [0.3, 0.4) is 0 Å². The largest absolute Gasteiger partial charge is 0.495 e. The van der Waals surface area contributed by atoms with E-state index in [1.54, 1.807) is 41.3 Å². The zero-order valence-corrected chi connectivity index (χ0v) is 19.2. The zero-order valence-electron chi connectivity index (χ0n) is 19.2. The van der Waals surface area contributed by atoms with Crippen LogP contribution in [0, 0.1) is 17.5 Å². The first-order valence-corrected chi connectivity index (χ1v) is 11.0. The summed E-state index contributed by atoms with van der Waals surface area (Å²) in [6.45, 7) is 1.14. The van der Waals surface area contributed by atoms with E-state index in [1.165, 1.54) is 18.1 Å². The molecule has 0 atom stereocenters. The number of halogens is 3. The minimum absolute atomic E-state index is 0.245. The Hall–Kier alpha value is -4.48. The number of urea groups is 2. The first kappa shape index (κ1) is 24.6. The molecule has 2 aromatic carbocycles. The van der Waals surface area contributed by atoms with Crippen molar-refractivity contribution in [2.75, 3.05) is 54.1 Å². The van der Waals surface area contributed by atoms with Crippen LogP contribution in [0.5, 0.6) is 5.75 Å². The quantitative estimate of drug-likeness (QED) is 0.479. The molecular formula is C24H23F3N6O3. The van der Waals surface area contributed by atoms with E-state index in [4.69, 9.17) is 4.74 Å². The van der Waals surface area contributed by atoms with Crippen LogP contribution in [0.4, 0.5) is 45.6 Å².